The second-order valence-electron chi connectivity index (χ2n) is 2.91. The Bertz CT molecular complexity index is 363. The highest BCUT2D eigenvalue weighted by Crippen LogP contribution is 2.27. The maximum atomic E-state index is 12.2. The van der Waals surface area contributed by atoms with Crippen molar-refractivity contribution in [1.82, 2.24) is 4.98 Å². The van der Waals surface area contributed by atoms with Crippen LogP contribution in [0.1, 0.15) is 17.8 Å². The molecule has 0 aliphatic heterocycles. The molecule has 0 aromatic carbocycles. The summed E-state index contributed by atoms with van der Waals surface area (Å²) in [7, 11) is 0. The van der Waals surface area contributed by atoms with Crippen LogP contribution in [0.25, 0.3) is 0 Å². The van der Waals surface area contributed by atoms with Gasteiger partial charge >= 0.3 is 12.1 Å². The van der Waals surface area contributed by atoms with Crippen molar-refractivity contribution in [2.45, 2.75) is 19.0 Å². The van der Waals surface area contributed by atoms with Gasteiger partial charge in [-0.2, -0.15) is 13.2 Å². The normalized spacial score (nSPS) is 11.4. The Morgan fingerprint density at radius 3 is 2.60 bits per heavy atom. The summed E-state index contributed by atoms with van der Waals surface area (Å²) >= 11 is 0. The van der Waals surface area contributed by atoms with Crippen molar-refractivity contribution in [3.05, 3.63) is 29.6 Å². The predicted molar refractivity (Wildman–Crippen MR) is 45.2 cm³/mol. The average molecular weight is 219 g/mol. The van der Waals surface area contributed by atoms with Crippen LogP contribution in [0, 0.1) is 0 Å². The lowest BCUT2D eigenvalue weighted by atomic mass is 10.2. The van der Waals surface area contributed by atoms with Gasteiger partial charge in [0.15, 0.2) is 0 Å². The molecule has 1 heterocycles. The van der Waals surface area contributed by atoms with E-state index in [2.05, 4.69) is 4.98 Å². The number of halogens is 3. The van der Waals surface area contributed by atoms with Gasteiger partial charge in [-0.3, -0.25) is 4.79 Å². The van der Waals surface area contributed by atoms with E-state index in [-0.39, 0.29) is 18.5 Å². The molecule has 0 atom stereocenters. The molecule has 1 rings (SSSR count). The molecule has 0 aliphatic rings. The molecule has 0 spiro atoms. The van der Waals surface area contributed by atoms with Gasteiger partial charge in [-0.25, -0.2) is 4.98 Å². The van der Waals surface area contributed by atoms with Crippen molar-refractivity contribution in [2.75, 3.05) is 0 Å². The Hall–Kier alpha value is -1.59. The minimum Gasteiger partial charge on any atom is -0.481 e. The summed E-state index contributed by atoms with van der Waals surface area (Å²) in [4.78, 5) is 13.5. The number of hydrogen-bond acceptors (Lipinski definition) is 2. The molecule has 0 saturated heterocycles. The van der Waals surface area contributed by atoms with Gasteiger partial charge in [-0.15, -0.1) is 0 Å². The molecule has 0 fully saturated rings. The Morgan fingerprint density at radius 2 is 2.07 bits per heavy atom. The lowest BCUT2D eigenvalue weighted by Crippen LogP contribution is -2.09. The molecule has 3 nitrogen and oxygen atoms in total. The number of pyridine rings is 1. The van der Waals surface area contributed by atoms with Gasteiger partial charge in [0.1, 0.15) is 5.69 Å². The molecule has 82 valence electrons. The third-order valence-corrected chi connectivity index (χ3v) is 1.69. The molecule has 0 saturated carbocycles. The molecule has 1 aromatic rings. The van der Waals surface area contributed by atoms with Gasteiger partial charge in [0.05, 0.1) is 6.42 Å². The van der Waals surface area contributed by atoms with Gasteiger partial charge in [-0.05, 0) is 12.1 Å². The van der Waals surface area contributed by atoms with Crippen molar-refractivity contribution in [3.63, 3.8) is 0 Å². The highest BCUT2D eigenvalue weighted by molar-refractivity contribution is 5.66. The van der Waals surface area contributed by atoms with Crippen LogP contribution in [0.2, 0.25) is 0 Å². The Balaban J connectivity index is 2.79. The zero-order valence-corrected chi connectivity index (χ0v) is 7.58. The number of carbonyl (C=O) groups is 1. The van der Waals surface area contributed by atoms with Gasteiger partial charge in [0.25, 0.3) is 0 Å². The minimum absolute atomic E-state index is 0.000741. The molecular weight excluding hydrogens is 211 g/mol. The van der Waals surface area contributed by atoms with Gasteiger partial charge in [0, 0.05) is 12.1 Å². The number of aryl methyl sites for hydroxylation is 1. The summed E-state index contributed by atoms with van der Waals surface area (Å²) < 4.78 is 36.6. The standard InChI is InChI=1S/C9H8F3NO2/c10-9(11,12)7-3-1-2-6(13-7)4-5-8(14)15/h1-3H,4-5H2,(H,14,15). The molecule has 0 radical (unpaired) electrons. The number of aromatic nitrogens is 1. The van der Waals surface area contributed by atoms with E-state index in [0.717, 1.165) is 6.07 Å². The van der Waals surface area contributed by atoms with E-state index in [1.54, 1.807) is 0 Å². The molecule has 0 amide bonds. The first kappa shape index (κ1) is 11.5. The first-order valence-electron chi connectivity index (χ1n) is 4.14. The smallest absolute Gasteiger partial charge is 0.433 e. The first-order valence-corrected chi connectivity index (χ1v) is 4.14. The van der Waals surface area contributed by atoms with E-state index in [1.807, 2.05) is 0 Å². The molecule has 0 unspecified atom stereocenters. The van der Waals surface area contributed by atoms with Crippen LogP contribution in [0.3, 0.4) is 0 Å². The highest BCUT2D eigenvalue weighted by atomic mass is 19.4. The number of carboxylic acid groups (broad SMARTS) is 1. The number of rotatable bonds is 3. The lowest BCUT2D eigenvalue weighted by molar-refractivity contribution is -0.141. The fraction of sp³-hybridized carbons (Fsp3) is 0.333. The topological polar surface area (TPSA) is 50.2 Å². The van der Waals surface area contributed by atoms with E-state index in [0.29, 0.717) is 0 Å². The van der Waals surface area contributed by atoms with E-state index in [4.69, 9.17) is 5.11 Å². The molecule has 0 aliphatic carbocycles. The quantitative estimate of drug-likeness (QED) is 0.847. The minimum atomic E-state index is -4.49. The van der Waals surface area contributed by atoms with E-state index >= 15 is 0 Å². The molecular formula is C9H8F3NO2. The summed E-state index contributed by atoms with van der Waals surface area (Å²) in [5, 5.41) is 8.35. The van der Waals surface area contributed by atoms with Crippen molar-refractivity contribution in [3.8, 4) is 0 Å². The van der Waals surface area contributed by atoms with E-state index in [1.165, 1.54) is 12.1 Å². The molecule has 1 N–H and O–H groups in total. The number of aliphatic carboxylic acids is 1. The largest absolute Gasteiger partial charge is 0.481 e. The van der Waals surface area contributed by atoms with Crippen LogP contribution < -0.4 is 0 Å². The maximum Gasteiger partial charge on any atom is 0.433 e. The fourth-order valence-corrected chi connectivity index (χ4v) is 1.01. The van der Waals surface area contributed by atoms with Crippen molar-refractivity contribution in [1.29, 1.82) is 0 Å². The van der Waals surface area contributed by atoms with Crippen LogP contribution >= 0.6 is 0 Å². The summed E-state index contributed by atoms with van der Waals surface area (Å²) in [5.74, 6) is -1.06. The van der Waals surface area contributed by atoms with E-state index < -0.39 is 17.8 Å². The summed E-state index contributed by atoms with van der Waals surface area (Å²) in [5.41, 5.74) is -0.863. The Kier molecular flexibility index (Phi) is 3.28. The Morgan fingerprint density at radius 1 is 1.40 bits per heavy atom. The van der Waals surface area contributed by atoms with Crippen LogP contribution in [0.15, 0.2) is 18.2 Å². The second-order valence-corrected chi connectivity index (χ2v) is 2.91. The summed E-state index contributed by atoms with van der Waals surface area (Å²) in [6.07, 6.45) is -4.72. The monoisotopic (exact) mass is 219 g/mol. The average Bonchev–Trinajstić information content (AvgIpc) is 2.14. The number of nitrogens with zero attached hydrogens (tertiary/aromatic N) is 1. The van der Waals surface area contributed by atoms with Crippen LogP contribution in [-0.4, -0.2) is 16.1 Å². The molecule has 15 heavy (non-hydrogen) atoms. The van der Waals surface area contributed by atoms with E-state index in [9.17, 15) is 18.0 Å². The summed E-state index contributed by atoms with van der Waals surface area (Å²) in [6, 6.07) is 3.44. The van der Waals surface area contributed by atoms with Crippen molar-refractivity contribution in [2.24, 2.45) is 0 Å². The lowest BCUT2D eigenvalue weighted by Gasteiger charge is -2.06. The highest BCUT2D eigenvalue weighted by Gasteiger charge is 2.32. The van der Waals surface area contributed by atoms with Gasteiger partial charge in [-0.1, -0.05) is 6.07 Å². The van der Waals surface area contributed by atoms with Crippen LogP contribution in [0.5, 0.6) is 0 Å². The first-order chi connectivity index (χ1) is 6.89. The maximum absolute atomic E-state index is 12.2. The fourth-order valence-electron chi connectivity index (χ4n) is 1.01. The third kappa shape index (κ3) is 3.57. The Labute approximate surface area is 83.6 Å². The SMILES string of the molecule is O=C(O)CCc1cccc(C(F)(F)F)n1. The van der Waals surface area contributed by atoms with Crippen molar-refractivity contribution < 1.29 is 23.1 Å². The van der Waals surface area contributed by atoms with Crippen molar-refractivity contribution >= 4 is 5.97 Å². The zero-order chi connectivity index (χ0) is 11.5. The number of hydrogen-bond donors (Lipinski definition) is 1. The summed E-state index contributed by atoms with van der Waals surface area (Å²) in [6.45, 7) is 0. The van der Waals surface area contributed by atoms with Gasteiger partial charge in [0.2, 0.25) is 0 Å². The third-order valence-electron chi connectivity index (χ3n) is 1.69. The molecule has 6 heteroatoms. The molecule has 0 bridgehead atoms. The van der Waals surface area contributed by atoms with Crippen LogP contribution in [0.4, 0.5) is 13.2 Å². The van der Waals surface area contributed by atoms with Gasteiger partial charge < -0.3 is 5.11 Å². The number of alkyl halides is 3. The van der Waals surface area contributed by atoms with Crippen LogP contribution in [-0.2, 0) is 17.4 Å². The molecule has 1 aromatic heterocycles. The number of carboxylic acids is 1. The predicted octanol–water partition coefficient (Wildman–Crippen LogP) is 2.12. The second kappa shape index (κ2) is 4.29. The zero-order valence-electron chi connectivity index (χ0n) is 7.58.